The van der Waals surface area contributed by atoms with Gasteiger partial charge in [0.1, 0.15) is 0 Å². The molecule has 0 aromatic rings. The van der Waals surface area contributed by atoms with E-state index in [2.05, 4.69) is 44.4 Å². The second-order valence-electron chi connectivity index (χ2n) is 4.98. The highest BCUT2D eigenvalue weighted by Gasteiger charge is 2.25. The molecule has 1 aliphatic heterocycles. The Hall–Kier alpha value is -0.0800. The lowest BCUT2D eigenvalue weighted by atomic mass is 10.1. The van der Waals surface area contributed by atoms with E-state index in [1.54, 1.807) is 0 Å². The van der Waals surface area contributed by atoms with Crippen LogP contribution in [0.25, 0.3) is 0 Å². The van der Waals surface area contributed by atoms with Crippen LogP contribution in [0.3, 0.4) is 0 Å². The van der Waals surface area contributed by atoms with Gasteiger partial charge in [0.15, 0.2) is 0 Å². The van der Waals surface area contributed by atoms with Gasteiger partial charge >= 0.3 is 0 Å². The zero-order valence-electron chi connectivity index (χ0n) is 9.75. The van der Waals surface area contributed by atoms with Gasteiger partial charge in [0.25, 0.3) is 0 Å². The van der Waals surface area contributed by atoms with Crippen LogP contribution in [0.1, 0.15) is 34.6 Å². The fourth-order valence-electron chi connectivity index (χ4n) is 1.96. The van der Waals surface area contributed by atoms with Gasteiger partial charge in [-0.2, -0.15) is 0 Å². The number of hydrogen-bond donors (Lipinski definition) is 0. The van der Waals surface area contributed by atoms with Crippen LogP contribution in [-0.4, -0.2) is 41.6 Å². The summed E-state index contributed by atoms with van der Waals surface area (Å²) in [6, 6.07) is 1.37. The summed E-state index contributed by atoms with van der Waals surface area (Å²) in [5.74, 6) is 0.818. The van der Waals surface area contributed by atoms with E-state index in [0.717, 1.165) is 12.6 Å². The van der Waals surface area contributed by atoms with Crippen molar-refractivity contribution < 1.29 is 0 Å². The third kappa shape index (κ3) is 2.96. The van der Waals surface area contributed by atoms with Gasteiger partial charge in [-0.1, -0.05) is 6.92 Å². The Morgan fingerprint density at radius 1 is 0.923 bits per heavy atom. The summed E-state index contributed by atoms with van der Waals surface area (Å²) in [6.45, 7) is 15.2. The minimum atomic E-state index is 0.684. The molecule has 2 heteroatoms. The minimum Gasteiger partial charge on any atom is -0.288 e. The Kier molecular flexibility index (Phi) is 3.74. The van der Waals surface area contributed by atoms with E-state index in [0.29, 0.717) is 12.1 Å². The van der Waals surface area contributed by atoms with Crippen molar-refractivity contribution in [1.82, 2.24) is 9.80 Å². The zero-order chi connectivity index (χ0) is 10.0. The van der Waals surface area contributed by atoms with E-state index in [1.165, 1.54) is 13.1 Å². The number of hydrogen-bond acceptors (Lipinski definition) is 2. The summed E-state index contributed by atoms with van der Waals surface area (Å²) >= 11 is 0. The van der Waals surface area contributed by atoms with Crippen molar-refractivity contribution in [2.24, 2.45) is 5.92 Å². The van der Waals surface area contributed by atoms with Crippen LogP contribution >= 0.6 is 0 Å². The maximum atomic E-state index is 2.56. The molecule has 1 rings (SSSR count). The normalized spacial score (nSPS) is 23.3. The standard InChI is InChI=1S/C11H24N2/c1-9(2)12-6-11(5)7-13(8-12)10(3)4/h9-11H,6-8H2,1-5H3. The Balaban J connectivity index is 2.52. The lowest BCUT2D eigenvalue weighted by molar-refractivity contribution is 0.0153. The summed E-state index contributed by atoms with van der Waals surface area (Å²) in [5, 5.41) is 0. The molecule has 1 saturated heterocycles. The molecule has 0 saturated carbocycles. The average molecular weight is 184 g/mol. The SMILES string of the molecule is CC1CN(C(C)C)CN(C(C)C)C1. The van der Waals surface area contributed by atoms with Crippen molar-refractivity contribution in [2.45, 2.75) is 46.7 Å². The first-order valence-corrected chi connectivity index (χ1v) is 5.48. The molecular weight excluding hydrogens is 160 g/mol. The molecule has 0 atom stereocenters. The summed E-state index contributed by atoms with van der Waals surface area (Å²) in [5.41, 5.74) is 0. The fraction of sp³-hybridized carbons (Fsp3) is 1.00. The Morgan fingerprint density at radius 2 is 1.31 bits per heavy atom. The van der Waals surface area contributed by atoms with E-state index >= 15 is 0 Å². The van der Waals surface area contributed by atoms with Crippen molar-refractivity contribution in [3.63, 3.8) is 0 Å². The van der Waals surface area contributed by atoms with Crippen LogP contribution in [0.15, 0.2) is 0 Å². The van der Waals surface area contributed by atoms with E-state index in [1.807, 2.05) is 0 Å². The predicted molar refractivity (Wildman–Crippen MR) is 57.7 cm³/mol. The summed E-state index contributed by atoms with van der Waals surface area (Å²) in [6.07, 6.45) is 0. The van der Waals surface area contributed by atoms with Gasteiger partial charge in [-0.25, -0.2) is 0 Å². The van der Waals surface area contributed by atoms with Gasteiger partial charge in [0, 0.05) is 25.2 Å². The molecule has 1 aliphatic rings. The van der Waals surface area contributed by atoms with Gasteiger partial charge in [0.2, 0.25) is 0 Å². The second-order valence-corrected chi connectivity index (χ2v) is 4.98. The second kappa shape index (κ2) is 4.43. The van der Waals surface area contributed by atoms with Gasteiger partial charge in [-0.3, -0.25) is 9.80 Å². The van der Waals surface area contributed by atoms with E-state index in [4.69, 9.17) is 0 Å². The maximum absolute atomic E-state index is 2.56. The molecule has 1 fully saturated rings. The molecule has 0 amide bonds. The molecule has 13 heavy (non-hydrogen) atoms. The molecule has 0 radical (unpaired) electrons. The van der Waals surface area contributed by atoms with Crippen LogP contribution in [-0.2, 0) is 0 Å². The Morgan fingerprint density at radius 3 is 1.62 bits per heavy atom. The van der Waals surface area contributed by atoms with Gasteiger partial charge in [-0.15, -0.1) is 0 Å². The van der Waals surface area contributed by atoms with E-state index in [-0.39, 0.29) is 0 Å². The van der Waals surface area contributed by atoms with Crippen molar-refractivity contribution in [1.29, 1.82) is 0 Å². The van der Waals surface area contributed by atoms with E-state index in [9.17, 15) is 0 Å². The van der Waals surface area contributed by atoms with Crippen LogP contribution in [0.5, 0.6) is 0 Å². The molecule has 0 unspecified atom stereocenters. The smallest absolute Gasteiger partial charge is 0.0511 e. The van der Waals surface area contributed by atoms with Crippen LogP contribution in [0, 0.1) is 5.92 Å². The molecule has 0 aliphatic carbocycles. The lowest BCUT2D eigenvalue weighted by Crippen LogP contribution is -2.53. The Bertz CT molecular complexity index is 138. The van der Waals surface area contributed by atoms with Gasteiger partial charge in [0.05, 0.1) is 6.67 Å². The van der Waals surface area contributed by atoms with Gasteiger partial charge < -0.3 is 0 Å². The highest BCUT2D eigenvalue weighted by atomic mass is 15.4. The highest BCUT2D eigenvalue weighted by molar-refractivity contribution is 4.77. The van der Waals surface area contributed by atoms with Crippen LogP contribution in [0.2, 0.25) is 0 Å². The molecule has 0 aromatic heterocycles. The number of nitrogens with zero attached hydrogens (tertiary/aromatic N) is 2. The molecular formula is C11H24N2. The van der Waals surface area contributed by atoms with Crippen molar-refractivity contribution in [3.05, 3.63) is 0 Å². The molecule has 0 bridgehead atoms. The third-order valence-corrected chi connectivity index (χ3v) is 2.92. The van der Waals surface area contributed by atoms with Crippen LogP contribution < -0.4 is 0 Å². The van der Waals surface area contributed by atoms with E-state index < -0.39 is 0 Å². The predicted octanol–water partition coefficient (Wildman–Crippen LogP) is 2.01. The first-order valence-electron chi connectivity index (χ1n) is 5.48. The highest BCUT2D eigenvalue weighted by Crippen LogP contribution is 2.16. The minimum absolute atomic E-state index is 0.684. The first kappa shape index (κ1) is 11.0. The average Bonchev–Trinajstić information content (AvgIpc) is 2.03. The Labute approximate surface area is 82.9 Å². The molecule has 1 heterocycles. The van der Waals surface area contributed by atoms with Crippen LogP contribution in [0.4, 0.5) is 0 Å². The monoisotopic (exact) mass is 184 g/mol. The quantitative estimate of drug-likeness (QED) is 0.648. The lowest BCUT2D eigenvalue weighted by Gasteiger charge is -2.43. The first-order chi connectivity index (χ1) is 6.00. The molecule has 2 nitrogen and oxygen atoms in total. The summed E-state index contributed by atoms with van der Waals surface area (Å²) in [4.78, 5) is 5.13. The maximum Gasteiger partial charge on any atom is 0.0511 e. The van der Waals surface area contributed by atoms with Crippen molar-refractivity contribution in [3.8, 4) is 0 Å². The molecule has 78 valence electrons. The fourth-order valence-corrected chi connectivity index (χ4v) is 1.96. The summed E-state index contributed by atoms with van der Waals surface area (Å²) < 4.78 is 0. The zero-order valence-corrected chi connectivity index (χ0v) is 9.75. The topological polar surface area (TPSA) is 6.48 Å². The largest absolute Gasteiger partial charge is 0.288 e. The molecule has 0 N–H and O–H groups in total. The van der Waals surface area contributed by atoms with Crippen molar-refractivity contribution >= 4 is 0 Å². The van der Waals surface area contributed by atoms with Crippen molar-refractivity contribution in [2.75, 3.05) is 19.8 Å². The molecule has 0 spiro atoms. The molecule has 0 aromatic carbocycles. The van der Waals surface area contributed by atoms with Gasteiger partial charge in [-0.05, 0) is 33.6 Å². The third-order valence-electron chi connectivity index (χ3n) is 2.92. The summed E-state index contributed by atoms with van der Waals surface area (Å²) in [7, 11) is 0. The number of rotatable bonds is 2.